The van der Waals surface area contributed by atoms with Crippen LogP contribution in [0.1, 0.15) is 5.56 Å². The topological polar surface area (TPSA) is 65.6 Å². The number of H-pyrrole nitrogens is 1. The van der Waals surface area contributed by atoms with Crippen molar-refractivity contribution in [3.63, 3.8) is 0 Å². The molecule has 0 spiro atoms. The molecule has 0 aliphatic heterocycles. The van der Waals surface area contributed by atoms with Crippen LogP contribution < -0.4 is 0 Å². The molecule has 138 valence electrons. The average molecular weight is 396 g/mol. The highest BCUT2D eigenvalue weighted by atomic mass is 35.5. The predicted molar refractivity (Wildman–Crippen MR) is 114 cm³/mol. The summed E-state index contributed by atoms with van der Waals surface area (Å²) >= 11 is 6.07. The third-order valence-corrected chi connectivity index (χ3v) is 5.16. The zero-order chi connectivity index (χ0) is 19.8. The monoisotopic (exact) mass is 395 g/mol. The number of rotatable bonds is 3. The number of aromatic nitrogens is 2. The van der Waals surface area contributed by atoms with Crippen LogP contribution in [-0.4, -0.2) is 9.97 Å². The molecular weight excluding hydrogens is 382 g/mol. The van der Waals surface area contributed by atoms with Gasteiger partial charge in [-0.2, -0.15) is 5.26 Å². The van der Waals surface area contributed by atoms with Crippen LogP contribution in [0.3, 0.4) is 0 Å². The minimum atomic E-state index is 0.507. The SMILES string of the molecule is N#Cc1c(-c2ccc(Cl)cc2)cc(-c2ccco2)nc1-c1c[nH]c2ccccc12. The van der Waals surface area contributed by atoms with E-state index in [2.05, 4.69) is 11.1 Å². The third kappa shape index (κ3) is 2.98. The van der Waals surface area contributed by atoms with Crippen molar-refractivity contribution in [1.82, 2.24) is 9.97 Å². The summed E-state index contributed by atoms with van der Waals surface area (Å²) in [5.41, 5.74) is 5.33. The number of fused-ring (bicyclic) bond motifs is 1. The second kappa shape index (κ2) is 6.97. The van der Waals surface area contributed by atoms with E-state index in [-0.39, 0.29) is 0 Å². The number of nitriles is 1. The van der Waals surface area contributed by atoms with Crippen LogP contribution in [-0.2, 0) is 0 Å². The molecule has 3 aromatic heterocycles. The lowest BCUT2D eigenvalue weighted by Gasteiger charge is -2.12. The summed E-state index contributed by atoms with van der Waals surface area (Å²) in [6.45, 7) is 0. The minimum absolute atomic E-state index is 0.507. The Kier molecular flexibility index (Phi) is 4.16. The lowest BCUT2D eigenvalue weighted by atomic mass is 9.95. The van der Waals surface area contributed by atoms with E-state index < -0.39 is 0 Å². The van der Waals surface area contributed by atoms with Gasteiger partial charge in [-0.05, 0) is 42.0 Å². The van der Waals surface area contributed by atoms with Gasteiger partial charge in [0.05, 0.1) is 17.5 Å². The van der Waals surface area contributed by atoms with E-state index in [9.17, 15) is 5.26 Å². The average Bonchev–Trinajstić information content (AvgIpc) is 3.43. The normalized spacial score (nSPS) is 10.9. The van der Waals surface area contributed by atoms with Crippen molar-refractivity contribution >= 4 is 22.5 Å². The molecule has 0 aliphatic carbocycles. The van der Waals surface area contributed by atoms with Gasteiger partial charge in [-0.15, -0.1) is 0 Å². The van der Waals surface area contributed by atoms with Crippen molar-refractivity contribution in [3.8, 4) is 39.9 Å². The Labute approximate surface area is 172 Å². The number of pyridine rings is 1. The zero-order valence-corrected chi connectivity index (χ0v) is 15.9. The highest BCUT2D eigenvalue weighted by Crippen LogP contribution is 2.37. The molecule has 0 amide bonds. The van der Waals surface area contributed by atoms with E-state index in [1.54, 1.807) is 6.26 Å². The molecule has 3 heterocycles. The number of nitrogens with one attached hydrogen (secondary N) is 1. The van der Waals surface area contributed by atoms with E-state index in [0.29, 0.717) is 27.7 Å². The van der Waals surface area contributed by atoms with Crippen LogP contribution in [0.4, 0.5) is 0 Å². The predicted octanol–water partition coefficient (Wildman–Crippen LogP) is 6.68. The summed E-state index contributed by atoms with van der Waals surface area (Å²) in [6.07, 6.45) is 3.51. The van der Waals surface area contributed by atoms with Crippen LogP contribution in [0, 0.1) is 11.3 Å². The van der Waals surface area contributed by atoms with Crippen molar-refractivity contribution in [2.45, 2.75) is 0 Å². The highest BCUT2D eigenvalue weighted by molar-refractivity contribution is 6.30. The van der Waals surface area contributed by atoms with E-state index >= 15 is 0 Å². The summed E-state index contributed by atoms with van der Waals surface area (Å²) in [5.74, 6) is 0.644. The van der Waals surface area contributed by atoms with E-state index in [1.807, 2.05) is 72.9 Å². The summed E-state index contributed by atoms with van der Waals surface area (Å²) in [4.78, 5) is 8.09. The molecule has 5 aromatic rings. The standard InChI is InChI=1S/C24H14ClN3O/c25-16-9-7-15(8-10-16)18-12-22(23-6-3-11-29-23)28-24(19(18)13-26)20-14-27-21-5-2-1-4-17(20)21/h1-12,14,27H. The number of hydrogen-bond acceptors (Lipinski definition) is 3. The molecule has 0 saturated heterocycles. The first-order chi connectivity index (χ1) is 14.2. The van der Waals surface area contributed by atoms with Crippen LogP contribution in [0.15, 0.2) is 83.6 Å². The smallest absolute Gasteiger partial charge is 0.152 e. The zero-order valence-electron chi connectivity index (χ0n) is 15.2. The Bertz CT molecular complexity index is 1360. The van der Waals surface area contributed by atoms with Crippen molar-refractivity contribution in [3.05, 3.63) is 89.8 Å². The molecule has 0 atom stereocenters. The molecule has 4 nitrogen and oxygen atoms in total. The lowest BCUT2D eigenvalue weighted by Crippen LogP contribution is -1.96. The summed E-state index contributed by atoms with van der Waals surface area (Å²) < 4.78 is 5.59. The van der Waals surface area contributed by atoms with E-state index in [1.165, 1.54) is 0 Å². The largest absolute Gasteiger partial charge is 0.463 e. The molecule has 0 bridgehead atoms. The first-order valence-electron chi connectivity index (χ1n) is 9.06. The fourth-order valence-electron chi connectivity index (χ4n) is 3.53. The molecule has 0 fully saturated rings. The molecule has 0 radical (unpaired) electrons. The first-order valence-corrected chi connectivity index (χ1v) is 9.44. The van der Waals surface area contributed by atoms with Crippen molar-refractivity contribution in [2.24, 2.45) is 0 Å². The molecule has 0 saturated carbocycles. The minimum Gasteiger partial charge on any atom is -0.463 e. The molecule has 0 unspecified atom stereocenters. The number of benzene rings is 2. The summed E-state index contributed by atoms with van der Waals surface area (Å²) in [7, 11) is 0. The van der Waals surface area contributed by atoms with Crippen LogP contribution in [0.25, 0.3) is 44.7 Å². The van der Waals surface area contributed by atoms with Gasteiger partial charge in [0.25, 0.3) is 0 Å². The Balaban J connectivity index is 1.84. The Hall–Kier alpha value is -3.81. The molecule has 29 heavy (non-hydrogen) atoms. The van der Waals surface area contributed by atoms with Crippen LogP contribution in [0.5, 0.6) is 0 Å². The van der Waals surface area contributed by atoms with Gasteiger partial charge in [0.15, 0.2) is 5.76 Å². The Morgan fingerprint density at radius 1 is 0.966 bits per heavy atom. The number of halogens is 1. The maximum Gasteiger partial charge on any atom is 0.152 e. The lowest BCUT2D eigenvalue weighted by molar-refractivity contribution is 0.580. The Morgan fingerprint density at radius 3 is 2.55 bits per heavy atom. The summed E-state index contributed by atoms with van der Waals surface area (Å²) in [5, 5.41) is 11.7. The fourth-order valence-corrected chi connectivity index (χ4v) is 3.65. The number of furan rings is 1. The number of aromatic amines is 1. The van der Waals surface area contributed by atoms with Gasteiger partial charge in [0.2, 0.25) is 0 Å². The maximum absolute atomic E-state index is 10.1. The van der Waals surface area contributed by atoms with Gasteiger partial charge in [0, 0.05) is 33.2 Å². The molecule has 1 N–H and O–H groups in total. The number of nitrogens with zero attached hydrogens (tertiary/aromatic N) is 2. The third-order valence-electron chi connectivity index (χ3n) is 4.90. The number of hydrogen-bond donors (Lipinski definition) is 1. The molecular formula is C24H14ClN3O. The van der Waals surface area contributed by atoms with Gasteiger partial charge in [-0.25, -0.2) is 4.98 Å². The van der Waals surface area contributed by atoms with Crippen LogP contribution in [0.2, 0.25) is 5.02 Å². The molecule has 5 rings (SSSR count). The second-order valence-corrected chi connectivity index (χ2v) is 7.06. The van der Waals surface area contributed by atoms with Crippen molar-refractivity contribution in [2.75, 3.05) is 0 Å². The van der Waals surface area contributed by atoms with Crippen molar-refractivity contribution in [1.29, 1.82) is 5.26 Å². The van der Waals surface area contributed by atoms with Crippen molar-refractivity contribution < 1.29 is 4.42 Å². The fraction of sp³-hybridized carbons (Fsp3) is 0. The number of para-hydroxylation sites is 1. The van der Waals surface area contributed by atoms with Gasteiger partial charge in [-0.1, -0.05) is 41.9 Å². The molecule has 2 aromatic carbocycles. The highest BCUT2D eigenvalue weighted by Gasteiger charge is 2.19. The Morgan fingerprint density at radius 2 is 1.79 bits per heavy atom. The quantitative estimate of drug-likeness (QED) is 0.370. The summed E-state index contributed by atoms with van der Waals surface area (Å²) in [6, 6.07) is 23.3. The maximum atomic E-state index is 10.1. The van der Waals surface area contributed by atoms with E-state index in [4.69, 9.17) is 21.0 Å². The van der Waals surface area contributed by atoms with Crippen LogP contribution >= 0.6 is 11.6 Å². The van der Waals surface area contributed by atoms with Gasteiger partial charge >= 0.3 is 0 Å². The van der Waals surface area contributed by atoms with E-state index in [0.717, 1.165) is 27.6 Å². The second-order valence-electron chi connectivity index (χ2n) is 6.62. The van der Waals surface area contributed by atoms with Gasteiger partial charge in [-0.3, -0.25) is 0 Å². The first kappa shape index (κ1) is 17.3. The van der Waals surface area contributed by atoms with Gasteiger partial charge < -0.3 is 9.40 Å². The molecule has 5 heteroatoms. The molecule has 0 aliphatic rings. The van der Waals surface area contributed by atoms with Gasteiger partial charge in [0.1, 0.15) is 11.8 Å².